The van der Waals surface area contributed by atoms with E-state index in [2.05, 4.69) is 31.2 Å². The SMILES string of the molecule is O=[S@]1CCc2cc(N3CC4CN(c5ncc(Cl)cn5)CC4C3)nc(NC3(CO)CCC3)c21. The molecule has 1 aliphatic carbocycles. The molecule has 8 nitrogen and oxygen atoms in total. The van der Waals surface area contributed by atoms with Gasteiger partial charge in [0.25, 0.3) is 0 Å². The number of pyridine rings is 1. The van der Waals surface area contributed by atoms with E-state index in [0.717, 1.165) is 79.9 Å². The molecule has 1 saturated carbocycles. The molecule has 32 heavy (non-hydrogen) atoms. The summed E-state index contributed by atoms with van der Waals surface area (Å²) in [5.74, 6) is 4.14. The lowest BCUT2D eigenvalue weighted by atomic mass is 9.77. The third-order valence-corrected chi connectivity index (χ3v) is 9.20. The highest BCUT2D eigenvalue weighted by Gasteiger charge is 2.42. The Balaban J connectivity index is 1.22. The van der Waals surface area contributed by atoms with Crippen molar-refractivity contribution < 1.29 is 9.32 Å². The van der Waals surface area contributed by atoms with Crippen molar-refractivity contribution in [1.29, 1.82) is 0 Å². The minimum atomic E-state index is -1.02. The van der Waals surface area contributed by atoms with Gasteiger partial charge in [-0.25, -0.2) is 15.0 Å². The van der Waals surface area contributed by atoms with Crippen molar-refractivity contribution in [3.63, 3.8) is 0 Å². The van der Waals surface area contributed by atoms with Gasteiger partial charge in [-0.15, -0.1) is 0 Å². The Morgan fingerprint density at radius 2 is 1.84 bits per heavy atom. The molecule has 170 valence electrons. The van der Waals surface area contributed by atoms with Crippen LogP contribution in [0.5, 0.6) is 0 Å². The molecule has 10 heteroatoms. The van der Waals surface area contributed by atoms with Gasteiger partial charge in [-0.2, -0.15) is 0 Å². The van der Waals surface area contributed by atoms with Crippen LogP contribution in [-0.4, -0.2) is 68.3 Å². The third-order valence-electron chi connectivity index (χ3n) is 7.52. The fourth-order valence-electron chi connectivity index (χ4n) is 5.55. The average Bonchev–Trinajstić information content (AvgIpc) is 3.44. The van der Waals surface area contributed by atoms with Crippen LogP contribution >= 0.6 is 11.6 Å². The van der Waals surface area contributed by atoms with Gasteiger partial charge in [0.15, 0.2) is 0 Å². The molecule has 2 saturated heterocycles. The maximum Gasteiger partial charge on any atom is 0.225 e. The number of nitrogens with zero attached hydrogens (tertiary/aromatic N) is 5. The summed E-state index contributed by atoms with van der Waals surface area (Å²) in [5, 5.41) is 14.0. The van der Waals surface area contributed by atoms with Gasteiger partial charge in [0, 0.05) is 43.8 Å². The van der Waals surface area contributed by atoms with Crippen LogP contribution in [0, 0.1) is 11.8 Å². The number of anilines is 3. The smallest absolute Gasteiger partial charge is 0.225 e. The van der Waals surface area contributed by atoms with Crippen molar-refractivity contribution in [1.82, 2.24) is 15.0 Å². The number of aliphatic hydroxyl groups is 1. The number of nitrogens with one attached hydrogen (secondary N) is 1. The zero-order valence-electron chi connectivity index (χ0n) is 17.8. The van der Waals surface area contributed by atoms with Crippen molar-refractivity contribution in [2.24, 2.45) is 11.8 Å². The first-order valence-electron chi connectivity index (χ1n) is 11.3. The summed E-state index contributed by atoms with van der Waals surface area (Å²) in [6.07, 6.45) is 7.07. The van der Waals surface area contributed by atoms with Crippen molar-refractivity contribution in [2.45, 2.75) is 36.1 Å². The Hall–Kier alpha value is -1.97. The molecule has 6 rings (SSSR count). The zero-order chi connectivity index (χ0) is 21.9. The Kier molecular flexibility index (Phi) is 5.04. The van der Waals surface area contributed by atoms with Gasteiger partial charge in [0.05, 0.1) is 45.3 Å². The van der Waals surface area contributed by atoms with Crippen molar-refractivity contribution >= 4 is 40.0 Å². The second-order valence-electron chi connectivity index (χ2n) is 9.57. The molecule has 4 aliphatic rings. The molecule has 2 aromatic heterocycles. The highest BCUT2D eigenvalue weighted by Crippen LogP contribution is 2.41. The first-order chi connectivity index (χ1) is 15.5. The van der Waals surface area contributed by atoms with Crippen LogP contribution < -0.4 is 15.1 Å². The standard InChI is InChI=1S/C22H27ClN6O2S/c23-17-7-24-21(25-8-17)29-11-15-9-28(10-16(15)12-29)18-6-14-2-5-32(31)19(14)20(26-18)27-22(13-30)3-1-4-22/h6-8,15-16,30H,1-5,9-13H2,(H,26,27)/t15?,16?,32-/m0/s1. The number of aryl methyl sites for hydroxylation is 1. The highest BCUT2D eigenvalue weighted by atomic mass is 35.5. The summed E-state index contributed by atoms with van der Waals surface area (Å²) in [6, 6.07) is 2.14. The molecule has 3 atom stereocenters. The molecule has 0 amide bonds. The second kappa shape index (κ2) is 7.81. The van der Waals surface area contributed by atoms with E-state index in [4.69, 9.17) is 16.6 Å². The average molecular weight is 475 g/mol. The Morgan fingerprint density at radius 3 is 2.47 bits per heavy atom. The monoisotopic (exact) mass is 474 g/mol. The lowest BCUT2D eigenvalue weighted by Gasteiger charge is -2.41. The molecule has 3 fully saturated rings. The largest absolute Gasteiger partial charge is 0.394 e. The number of hydrogen-bond donors (Lipinski definition) is 2. The van der Waals surface area contributed by atoms with E-state index in [1.54, 1.807) is 12.4 Å². The Labute approximate surface area is 194 Å². The van der Waals surface area contributed by atoms with Crippen LogP contribution in [0.15, 0.2) is 23.4 Å². The first-order valence-corrected chi connectivity index (χ1v) is 13.0. The zero-order valence-corrected chi connectivity index (χ0v) is 19.4. The molecular weight excluding hydrogens is 448 g/mol. The molecule has 3 aliphatic heterocycles. The molecule has 2 N–H and O–H groups in total. The van der Waals surface area contributed by atoms with Gasteiger partial charge in [-0.3, -0.25) is 4.21 Å². The second-order valence-corrected chi connectivity index (χ2v) is 11.5. The van der Waals surface area contributed by atoms with Gasteiger partial charge in [0.1, 0.15) is 11.6 Å². The fraction of sp³-hybridized carbons (Fsp3) is 0.591. The van der Waals surface area contributed by atoms with E-state index in [0.29, 0.717) is 22.6 Å². The van der Waals surface area contributed by atoms with E-state index < -0.39 is 10.8 Å². The molecule has 2 aromatic rings. The molecule has 0 spiro atoms. The predicted octanol–water partition coefficient (Wildman–Crippen LogP) is 2.09. The number of aromatic nitrogens is 3. The Morgan fingerprint density at radius 1 is 1.16 bits per heavy atom. The lowest BCUT2D eigenvalue weighted by Crippen LogP contribution is -2.48. The van der Waals surface area contributed by atoms with Gasteiger partial charge in [0.2, 0.25) is 5.95 Å². The van der Waals surface area contributed by atoms with Crippen molar-refractivity contribution in [2.75, 3.05) is 53.7 Å². The van der Waals surface area contributed by atoms with E-state index in [1.807, 2.05) is 0 Å². The minimum absolute atomic E-state index is 0.0801. The van der Waals surface area contributed by atoms with E-state index >= 15 is 0 Å². The van der Waals surface area contributed by atoms with Gasteiger partial charge in [-0.1, -0.05) is 11.6 Å². The van der Waals surface area contributed by atoms with E-state index in [9.17, 15) is 9.32 Å². The first kappa shape index (κ1) is 20.6. The summed E-state index contributed by atoms with van der Waals surface area (Å²) in [6.45, 7) is 3.81. The lowest BCUT2D eigenvalue weighted by molar-refractivity contribution is 0.143. The number of fused-ring (bicyclic) bond motifs is 2. The third kappa shape index (κ3) is 3.45. The summed E-state index contributed by atoms with van der Waals surface area (Å²) >= 11 is 5.93. The topological polar surface area (TPSA) is 94.5 Å². The minimum Gasteiger partial charge on any atom is -0.394 e. The van der Waals surface area contributed by atoms with Crippen LogP contribution in [0.4, 0.5) is 17.6 Å². The van der Waals surface area contributed by atoms with Gasteiger partial charge in [-0.05, 0) is 37.3 Å². The maximum atomic E-state index is 12.7. The van der Waals surface area contributed by atoms with Gasteiger partial charge < -0.3 is 20.2 Å². The summed E-state index contributed by atoms with van der Waals surface area (Å²) in [7, 11) is -1.02. The van der Waals surface area contributed by atoms with Crippen LogP contribution in [-0.2, 0) is 17.2 Å². The number of rotatable bonds is 5. The van der Waals surface area contributed by atoms with E-state index in [1.165, 1.54) is 0 Å². The summed E-state index contributed by atoms with van der Waals surface area (Å²) < 4.78 is 12.7. The molecule has 0 aromatic carbocycles. The molecule has 0 bridgehead atoms. The predicted molar refractivity (Wildman–Crippen MR) is 125 cm³/mol. The van der Waals surface area contributed by atoms with Crippen molar-refractivity contribution in [3.05, 3.63) is 29.0 Å². The fourth-order valence-corrected chi connectivity index (χ4v) is 7.02. The molecule has 2 unspecified atom stereocenters. The molecule has 5 heterocycles. The van der Waals surface area contributed by atoms with Crippen LogP contribution in [0.3, 0.4) is 0 Å². The van der Waals surface area contributed by atoms with Crippen LogP contribution in [0.1, 0.15) is 24.8 Å². The number of halogens is 1. The van der Waals surface area contributed by atoms with Crippen molar-refractivity contribution in [3.8, 4) is 0 Å². The highest BCUT2D eigenvalue weighted by molar-refractivity contribution is 7.85. The number of aliphatic hydroxyl groups excluding tert-OH is 1. The van der Waals surface area contributed by atoms with Crippen LogP contribution in [0.25, 0.3) is 0 Å². The number of hydrogen-bond acceptors (Lipinski definition) is 8. The van der Waals surface area contributed by atoms with Gasteiger partial charge >= 0.3 is 0 Å². The van der Waals surface area contributed by atoms with Crippen LogP contribution in [0.2, 0.25) is 5.02 Å². The van der Waals surface area contributed by atoms with E-state index in [-0.39, 0.29) is 12.1 Å². The Bertz CT molecular complexity index is 1040. The molecule has 0 radical (unpaired) electrons. The quantitative estimate of drug-likeness (QED) is 0.680. The molecular formula is C22H27ClN6O2S. The summed E-state index contributed by atoms with van der Waals surface area (Å²) in [5.41, 5.74) is 0.823. The summed E-state index contributed by atoms with van der Waals surface area (Å²) in [4.78, 5) is 19.2. The maximum absolute atomic E-state index is 12.7. The normalized spacial score (nSPS) is 27.9.